The van der Waals surface area contributed by atoms with Crippen molar-refractivity contribution in [2.24, 2.45) is 0 Å². The molecule has 0 bridgehead atoms. The van der Waals surface area contributed by atoms with Gasteiger partial charge in [-0.15, -0.1) is 0 Å². The highest BCUT2D eigenvalue weighted by Gasteiger charge is 2.16. The molecule has 0 heteroatoms. The number of rotatable bonds is 0. The van der Waals surface area contributed by atoms with Crippen LogP contribution in [-0.2, 0) is 10.8 Å². The van der Waals surface area contributed by atoms with Gasteiger partial charge in [-0.2, -0.15) is 0 Å². The number of hydrogen-bond acceptors (Lipinski definition) is 0. The summed E-state index contributed by atoms with van der Waals surface area (Å²) in [5.74, 6) is 0. The molecule has 0 saturated carbocycles. The van der Waals surface area contributed by atoms with Crippen molar-refractivity contribution in [3.05, 3.63) is 59.2 Å². The van der Waals surface area contributed by atoms with Gasteiger partial charge >= 0.3 is 0 Å². The van der Waals surface area contributed by atoms with Crippen LogP contribution in [0.4, 0.5) is 0 Å². The summed E-state index contributed by atoms with van der Waals surface area (Å²) in [6.07, 6.45) is 0. The standard InChI is InChI=1S/C19H28/c1-15-11-9-8-10-12-16(18(2,3)4)13-14-17(15)19(5,6)7/h8-14H,1-7H3. The Labute approximate surface area is 119 Å². The lowest BCUT2D eigenvalue weighted by molar-refractivity contribution is 0.581. The zero-order valence-electron chi connectivity index (χ0n) is 13.5. The van der Waals surface area contributed by atoms with Gasteiger partial charge in [0.2, 0.25) is 0 Å². The molecule has 0 fully saturated rings. The summed E-state index contributed by atoms with van der Waals surface area (Å²) >= 11 is 0. The fourth-order valence-electron chi connectivity index (χ4n) is 2.21. The molecular weight excluding hydrogens is 228 g/mol. The van der Waals surface area contributed by atoms with Crippen LogP contribution in [0.15, 0.2) is 42.5 Å². The maximum atomic E-state index is 2.29. The average Bonchev–Trinajstić information content (AvgIpc) is 2.23. The lowest BCUT2D eigenvalue weighted by Gasteiger charge is -2.22. The minimum absolute atomic E-state index is 0.164. The molecule has 0 atom stereocenters. The minimum Gasteiger partial charge on any atom is -0.0622 e. The summed E-state index contributed by atoms with van der Waals surface area (Å²) in [5.41, 5.74) is 4.42. The molecule has 0 aromatic heterocycles. The smallest absolute Gasteiger partial charge is 0.0129 e. The molecule has 0 unspecified atom stereocenters. The monoisotopic (exact) mass is 256 g/mol. The van der Waals surface area contributed by atoms with Gasteiger partial charge in [-0.1, -0.05) is 84.0 Å². The summed E-state index contributed by atoms with van der Waals surface area (Å²) in [4.78, 5) is 0. The fraction of sp³-hybridized carbons (Fsp3) is 0.474. The first-order chi connectivity index (χ1) is 8.62. The van der Waals surface area contributed by atoms with Crippen LogP contribution in [-0.4, -0.2) is 0 Å². The van der Waals surface area contributed by atoms with Crippen LogP contribution in [0.1, 0.15) is 58.2 Å². The van der Waals surface area contributed by atoms with E-state index >= 15 is 0 Å². The second-order valence-electron chi connectivity index (χ2n) is 7.30. The largest absolute Gasteiger partial charge is 0.0622 e. The Hall–Kier alpha value is -1.30. The molecule has 0 aliphatic heterocycles. The lowest BCUT2D eigenvalue weighted by atomic mass is 9.83. The predicted octanol–water partition coefficient (Wildman–Crippen LogP) is 5.71. The van der Waals surface area contributed by atoms with Gasteiger partial charge in [0, 0.05) is 0 Å². The van der Waals surface area contributed by atoms with E-state index in [0.29, 0.717) is 0 Å². The van der Waals surface area contributed by atoms with Crippen LogP contribution in [0.2, 0.25) is 0 Å². The van der Waals surface area contributed by atoms with E-state index in [4.69, 9.17) is 0 Å². The van der Waals surface area contributed by atoms with E-state index in [2.05, 4.69) is 90.9 Å². The Morgan fingerprint density at radius 1 is 0.632 bits per heavy atom. The van der Waals surface area contributed by atoms with Crippen LogP contribution in [0.3, 0.4) is 0 Å². The number of aryl methyl sites for hydroxylation is 1. The Balaban J connectivity index is 3.59. The topological polar surface area (TPSA) is 0 Å². The molecule has 1 rings (SSSR count). The Morgan fingerprint density at radius 3 is 1.74 bits per heavy atom. The molecule has 0 heterocycles. The Kier molecular flexibility index (Phi) is 4.79. The molecule has 0 aliphatic rings. The van der Waals surface area contributed by atoms with E-state index in [1.807, 2.05) is 0 Å². The summed E-state index contributed by atoms with van der Waals surface area (Å²) in [6.45, 7) is 15.8. The Bertz CT molecular complexity index is 480. The van der Waals surface area contributed by atoms with Crippen molar-refractivity contribution in [2.45, 2.75) is 59.3 Å². The fourth-order valence-corrected chi connectivity index (χ4v) is 2.21. The highest BCUT2D eigenvalue weighted by Crippen LogP contribution is 2.26. The molecular formula is C19H28. The highest BCUT2D eigenvalue weighted by molar-refractivity contribution is 5.31. The minimum atomic E-state index is 0.164. The van der Waals surface area contributed by atoms with E-state index in [0.717, 1.165) is 0 Å². The molecule has 0 radical (unpaired) electrons. The lowest BCUT2D eigenvalue weighted by Crippen LogP contribution is -2.13. The van der Waals surface area contributed by atoms with Gasteiger partial charge in [0.15, 0.2) is 0 Å². The molecule has 19 heavy (non-hydrogen) atoms. The van der Waals surface area contributed by atoms with Gasteiger partial charge in [0.05, 0.1) is 0 Å². The second-order valence-corrected chi connectivity index (χ2v) is 7.30. The predicted molar refractivity (Wildman–Crippen MR) is 86.2 cm³/mol. The van der Waals surface area contributed by atoms with E-state index in [9.17, 15) is 0 Å². The van der Waals surface area contributed by atoms with E-state index < -0.39 is 0 Å². The summed E-state index contributed by atoms with van der Waals surface area (Å²) in [7, 11) is 0. The zero-order chi connectivity index (χ0) is 14.7. The van der Waals surface area contributed by atoms with Crippen molar-refractivity contribution in [3.8, 4) is 0 Å². The third-order valence-corrected chi connectivity index (χ3v) is 3.37. The van der Waals surface area contributed by atoms with Crippen LogP contribution < -0.4 is 0 Å². The maximum absolute atomic E-state index is 2.29. The highest BCUT2D eigenvalue weighted by atomic mass is 14.2. The third kappa shape index (κ3) is 4.70. The first-order valence-electron chi connectivity index (χ1n) is 7.07. The van der Waals surface area contributed by atoms with Crippen LogP contribution in [0.5, 0.6) is 0 Å². The van der Waals surface area contributed by atoms with Crippen LogP contribution >= 0.6 is 0 Å². The second kappa shape index (κ2) is 5.77. The first kappa shape index (κ1) is 15.8. The average molecular weight is 256 g/mol. The molecule has 104 valence electrons. The van der Waals surface area contributed by atoms with Crippen LogP contribution in [0, 0.1) is 6.92 Å². The van der Waals surface area contributed by atoms with Gasteiger partial charge in [-0.25, -0.2) is 0 Å². The normalized spacial score (nSPS) is 11.9. The van der Waals surface area contributed by atoms with Gasteiger partial charge in [-0.3, -0.25) is 0 Å². The molecule has 0 aliphatic carbocycles. The van der Waals surface area contributed by atoms with Gasteiger partial charge < -0.3 is 0 Å². The van der Waals surface area contributed by atoms with Gasteiger partial charge in [-0.05, 0) is 34.4 Å². The van der Waals surface area contributed by atoms with Crippen LogP contribution in [0.25, 0.3) is 0 Å². The number of hydrogen-bond donors (Lipinski definition) is 0. The van der Waals surface area contributed by atoms with Crippen molar-refractivity contribution in [3.63, 3.8) is 0 Å². The van der Waals surface area contributed by atoms with Gasteiger partial charge in [0.1, 0.15) is 0 Å². The summed E-state index contributed by atoms with van der Waals surface area (Å²) in [6, 6.07) is 15.3. The summed E-state index contributed by atoms with van der Waals surface area (Å²) < 4.78 is 0. The first-order valence-corrected chi connectivity index (χ1v) is 7.07. The molecule has 1 aromatic rings. The van der Waals surface area contributed by atoms with Crippen molar-refractivity contribution in [1.82, 2.24) is 0 Å². The zero-order valence-corrected chi connectivity index (χ0v) is 13.5. The molecule has 1 aromatic carbocycles. The Morgan fingerprint density at radius 2 is 1.21 bits per heavy atom. The quantitative estimate of drug-likeness (QED) is 0.557. The van der Waals surface area contributed by atoms with E-state index in [-0.39, 0.29) is 10.8 Å². The molecule has 0 nitrogen and oxygen atoms in total. The van der Waals surface area contributed by atoms with Crippen molar-refractivity contribution < 1.29 is 0 Å². The summed E-state index contributed by atoms with van der Waals surface area (Å²) in [5, 5.41) is 0. The van der Waals surface area contributed by atoms with E-state index in [1.165, 1.54) is 16.7 Å². The van der Waals surface area contributed by atoms with Gasteiger partial charge in [0.25, 0.3) is 0 Å². The molecule has 0 spiro atoms. The maximum Gasteiger partial charge on any atom is -0.0129 e. The van der Waals surface area contributed by atoms with Crippen molar-refractivity contribution in [2.75, 3.05) is 0 Å². The van der Waals surface area contributed by atoms with E-state index in [1.54, 1.807) is 0 Å². The molecule has 0 saturated heterocycles. The van der Waals surface area contributed by atoms with Crippen molar-refractivity contribution in [1.29, 1.82) is 0 Å². The molecule has 0 N–H and O–H groups in total. The van der Waals surface area contributed by atoms with Crippen molar-refractivity contribution >= 4 is 0 Å². The molecule has 0 amide bonds. The SMILES string of the molecule is Cc1cccccc(C(C)(C)C)ccc1C(C)(C)C. The third-order valence-electron chi connectivity index (χ3n) is 3.37.